The standard InChI is InChI=1S/C12H6BrF3N2O2/c13-6-1-2-10(12(3-6)18(19)20)17-11-5-8(15)7(14)4-9(11)16/h1-5,17H. The lowest BCUT2D eigenvalue weighted by molar-refractivity contribution is -0.384. The quantitative estimate of drug-likeness (QED) is 0.505. The number of nitro benzene ring substituents is 1. The minimum absolute atomic E-state index is 0.0388. The molecular formula is C12H6BrF3N2O2. The van der Waals surface area contributed by atoms with E-state index in [1.807, 2.05) is 0 Å². The van der Waals surface area contributed by atoms with Crippen molar-refractivity contribution in [3.05, 3.63) is 62.4 Å². The second kappa shape index (κ2) is 5.49. The Morgan fingerprint density at radius 1 is 1.00 bits per heavy atom. The van der Waals surface area contributed by atoms with Gasteiger partial charge in [0, 0.05) is 22.7 Å². The summed E-state index contributed by atoms with van der Waals surface area (Å²) in [5, 5.41) is 13.3. The van der Waals surface area contributed by atoms with Crippen molar-refractivity contribution in [3.63, 3.8) is 0 Å². The molecule has 0 amide bonds. The van der Waals surface area contributed by atoms with Crippen LogP contribution in [0.3, 0.4) is 0 Å². The van der Waals surface area contributed by atoms with Crippen LogP contribution in [0.4, 0.5) is 30.2 Å². The van der Waals surface area contributed by atoms with Crippen LogP contribution in [0.15, 0.2) is 34.8 Å². The van der Waals surface area contributed by atoms with E-state index >= 15 is 0 Å². The van der Waals surface area contributed by atoms with Gasteiger partial charge in [-0.15, -0.1) is 0 Å². The van der Waals surface area contributed by atoms with Crippen LogP contribution in [-0.2, 0) is 0 Å². The van der Waals surface area contributed by atoms with Gasteiger partial charge in [-0.25, -0.2) is 13.2 Å². The largest absolute Gasteiger partial charge is 0.347 e. The number of nitrogens with zero attached hydrogens (tertiary/aromatic N) is 1. The molecule has 2 rings (SSSR count). The third-order valence-corrected chi connectivity index (χ3v) is 2.93. The minimum Gasteiger partial charge on any atom is -0.347 e. The second-order valence-corrected chi connectivity index (χ2v) is 4.71. The number of halogens is 4. The van der Waals surface area contributed by atoms with Gasteiger partial charge < -0.3 is 5.32 Å². The molecule has 0 fully saturated rings. The van der Waals surface area contributed by atoms with Gasteiger partial charge in [0.05, 0.1) is 10.6 Å². The molecule has 0 aliphatic carbocycles. The maximum absolute atomic E-state index is 13.5. The molecule has 0 radical (unpaired) electrons. The summed E-state index contributed by atoms with van der Waals surface area (Å²) in [6.45, 7) is 0. The Kier molecular flexibility index (Phi) is 3.93. The number of benzene rings is 2. The lowest BCUT2D eigenvalue weighted by Crippen LogP contribution is -2.00. The van der Waals surface area contributed by atoms with Crippen molar-refractivity contribution in [2.75, 3.05) is 5.32 Å². The predicted molar refractivity (Wildman–Crippen MR) is 70.4 cm³/mol. The monoisotopic (exact) mass is 346 g/mol. The summed E-state index contributed by atoms with van der Waals surface area (Å²) in [5.74, 6) is -3.65. The zero-order valence-electron chi connectivity index (χ0n) is 9.66. The summed E-state index contributed by atoms with van der Waals surface area (Å²) in [6.07, 6.45) is 0. The molecule has 2 aromatic rings. The summed E-state index contributed by atoms with van der Waals surface area (Å²) in [7, 11) is 0. The van der Waals surface area contributed by atoms with Gasteiger partial charge in [0.15, 0.2) is 11.6 Å². The molecule has 20 heavy (non-hydrogen) atoms. The molecular weight excluding hydrogens is 341 g/mol. The summed E-state index contributed by atoms with van der Waals surface area (Å²) >= 11 is 3.07. The van der Waals surface area contributed by atoms with Gasteiger partial charge in [-0.3, -0.25) is 10.1 Å². The number of hydrogen-bond acceptors (Lipinski definition) is 3. The van der Waals surface area contributed by atoms with Gasteiger partial charge in [0.1, 0.15) is 11.5 Å². The number of nitrogens with one attached hydrogen (secondary N) is 1. The average Bonchev–Trinajstić information content (AvgIpc) is 2.37. The molecule has 0 bridgehead atoms. The molecule has 0 saturated carbocycles. The van der Waals surface area contributed by atoms with E-state index in [2.05, 4.69) is 21.2 Å². The first-order chi connectivity index (χ1) is 9.38. The highest BCUT2D eigenvalue weighted by molar-refractivity contribution is 9.10. The van der Waals surface area contributed by atoms with E-state index in [0.29, 0.717) is 16.6 Å². The van der Waals surface area contributed by atoms with E-state index in [4.69, 9.17) is 0 Å². The van der Waals surface area contributed by atoms with Crippen molar-refractivity contribution in [1.29, 1.82) is 0 Å². The fraction of sp³-hybridized carbons (Fsp3) is 0. The molecule has 4 nitrogen and oxygen atoms in total. The van der Waals surface area contributed by atoms with Crippen LogP contribution in [0.2, 0.25) is 0 Å². The highest BCUT2D eigenvalue weighted by Crippen LogP contribution is 2.31. The maximum Gasteiger partial charge on any atom is 0.293 e. The maximum atomic E-state index is 13.5. The fourth-order valence-corrected chi connectivity index (χ4v) is 1.87. The molecule has 104 valence electrons. The molecule has 8 heteroatoms. The summed E-state index contributed by atoms with van der Waals surface area (Å²) in [6, 6.07) is 4.98. The van der Waals surface area contributed by atoms with Gasteiger partial charge >= 0.3 is 0 Å². The topological polar surface area (TPSA) is 55.2 Å². The van der Waals surface area contributed by atoms with Crippen molar-refractivity contribution in [2.45, 2.75) is 0 Å². The molecule has 0 aromatic heterocycles. The Hall–Kier alpha value is -2.09. The first-order valence-corrected chi connectivity index (χ1v) is 6.03. The smallest absolute Gasteiger partial charge is 0.293 e. The van der Waals surface area contributed by atoms with E-state index in [1.54, 1.807) is 0 Å². The van der Waals surface area contributed by atoms with Gasteiger partial charge in [-0.2, -0.15) is 0 Å². The highest BCUT2D eigenvalue weighted by atomic mass is 79.9. The Bertz CT molecular complexity index is 695. The third kappa shape index (κ3) is 2.90. The van der Waals surface area contributed by atoms with Crippen LogP contribution in [0.5, 0.6) is 0 Å². The minimum atomic E-state index is -1.33. The Morgan fingerprint density at radius 3 is 2.30 bits per heavy atom. The molecule has 0 unspecified atom stereocenters. The summed E-state index contributed by atoms with van der Waals surface area (Å²) in [5.41, 5.74) is -0.763. The molecule has 0 heterocycles. The summed E-state index contributed by atoms with van der Waals surface area (Å²) < 4.78 is 39.8. The highest BCUT2D eigenvalue weighted by Gasteiger charge is 2.17. The molecule has 2 aromatic carbocycles. The SMILES string of the molecule is O=[N+]([O-])c1cc(Br)ccc1Nc1cc(F)c(F)cc1F. The van der Waals surface area contributed by atoms with Crippen molar-refractivity contribution in [2.24, 2.45) is 0 Å². The molecule has 0 aliphatic rings. The zero-order valence-corrected chi connectivity index (χ0v) is 11.2. The van der Waals surface area contributed by atoms with Crippen LogP contribution < -0.4 is 5.32 Å². The average molecular weight is 347 g/mol. The van der Waals surface area contributed by atoms with Gasteiger partial charge in [-0.1, -0.05) is 15.9 Å². The van der Waals surface area contributed by atoms with Crippen molar-refractivity contribution in [3.8, 4) is 0 Å². The lowest BCUT2D eigenvalue weighted by Gasteiger charge is -2.09. The fourth-order valence-electron chi connectivity index (χ4n) is 1.52. The number of rotatable bonds is 3. The molecule has 0 atom stereocenters. The molecule has 0 spiro atoms. The Labute approximate surface area is 119 Å². The zero-order chi connectivity index (χ0) is 14.9. The number of anilines is 2. The number of nitro groups is 1. The van der Waals surface area contributed by atoms with Crippen LogP contribution in [0, 0.1) is 27.6 Å². The van der Waals surface area contributed by atoms with Crippen LogP contribution in [-0.4, -0.2) is 4.92 Å². The Morgan fingerprint density at radius 2 is 1.65 bits per heavy atom. The van der Waals surface area contributed by atoms with E-state index in [9.17, 15) is 23.3 Å². The predicted octanol–water partition coefficient (Wildman–Crippen LogP) is 4.52. The Balaban J connectivity index is 2.45. The van der Waals surface area contributed by atoms with Gasteiger partial charge in [0.2, 0.25) is 0 Å². The first kappa shape index (κ1) is 14.3. The summed E-state index contributed by atoms with van der Waals surface area (Å²) in [4.78, 5) is 10.2. The van der Waals surface area contributed by atoms with Crippen LogP contribution in [0.25, 0.3) is 0 Å². The van der Waals surface area contributed by atoms with Gasteiger partial charge in [-0.05, 0) is 12.1 Å². The van der Waals surface area contributed by atoms with Crippen molar-refractivity contribution >= 4 is 33.0 Å². The van der Waals surface area contributed by atoms with Crippen LogP contribution >= 0.6 is 15.9 Å². The van der Waals surface area contributed by atoms with Crippen LogP contribution in [0.1, 0.15) is 0 Å². The molecule has 0 saturated heterocycles. The number of hydrogen-bond donors (Lipinski definition) is 1. The molecule has 0 aliphatic heterocycles. The van der Waals surface area contributed by atoms with Gasteiger partial charge in [0.25, 0.3) is 5.69 Å². The van der Waals surface area contributed by atoms with Crippen molar-refractivity contribution < 1.29 is 18.1 Å². The molecule has 1 N–H and O–H groups in total. The normalized spacial score (nSPS) is 10.4. The van der Waals surface area contributed by atoms with E-state index in [0.717, 1.165) is 0 Å². The van der Waals surface area contributed by atoms with E-state index in [-0.39, 0.29) is 11.4 Å². The van der Waals surface area contributed by atoms with Crippen molar-refractivity contribution in [1.82, 2.24) is 0 Å². The lowest BCUT2D eigenvalue weighted by atomic mass is 10.2. The second-order valence-electron chi connectivity index (χ2n) is 3.79. The van der Waals surface area contributed by atoms with E-state index < -0.39 is 28.1 Å². The van der Waals surface area contributed by atoms with E-state index in [1.165, 1.54) is 18.2 Å². The third-order valence-electron chi connectivity index (χ3n) is 2.44. The first-order valence-electron chi connectivity index (χ1n) is 5.24.